The molecule has 172 valence electrons. The van der Waals surface area contributed by atoms with Crippen molar-refractivity contribution in [3.63, 3.8) is 0 Å². The summed E-state index contributed by atoms with van der Waals surface area (Å²) in [7, 11) is 0. The molecule has 0 aliphatic carbocycles. The van der Waals surface area contributed by atoms with Gasteiger partial charge in [0.25, 0.3) is 0 Å². The van der Waals surface area contributed by atoms with Crippen molar-refractivity contribution in [3.8, 4) is 0 Å². The van der Waals surface area contributed by atoms with Crippen molar-refractivity contribution >= 4 is 11.6 Å². The average Bonchev–Trinajstić information content (AvgIpc) is 2.86. The highest BCUT2D eigenvalue weighted by atomic mass is 16.1. The Bertz CT molecular complexity index is 968. The highest BCUT2D eigenvalue weighted by molar-refractivity contribution is 5.92. The average molecular weight is 441 g/mol. The molecule has 4 rings (SSSR count). The van der Waals surface area contributed by atoms with E-state index in [-0.39, 0.29) is 11.8 Å². The van der Waals surface area contributed by atoms with Gasteiger partial charge in [-0.05, 0) is 73.6 Å². The van der Waals surface area contributed by atoms with Crippen LogP contribution in [0.25, 0.3) is 0 Å². The summed E-state index contributed by atoms with van der Waals surface area (Å²) in [5.41, 5.74) is 5.07. The van der Waals surface area contributed by atoms with E-state index in [0.29, 0.717) is 11.8 Å². The molecule has 0 aromatic heterocycles. The summed E-state index contributed by atoms with van der Waals surface area (Å²) >= 11 is 0. The lowest BCUT2D eigenvalue weighted by molar-refractivity contribution is -0.118. The number of carbonyl (C=O) groups is 1. The van der Waals surface area contributed by atoms with Crippen LogP contribution in [0.2, 0.25) is 0 Å². The summed E-state index contributed by atoms with van der Waals surface area (Å²) in [4.78, 5) is 14.7. The molecular weight excluding hydrogens is 404 g/mol. The predicted molar refractivity (Wildman–Crippen MR) is 138 cm³/mol. The van der Waals surface area contributed by atoms with Gasteiger partial charge in [-0.15, -0.1) is 0 Å². The fourth-order valence-electron chi connectivity index (χ4n) is 4.86. The second-order valence-electron chi connectivity index (χ2n) is 9.55. The Balaban J connectivity index is 1.34. The van der Waals surface area contributed by atoms with Gasteiger partial charge in [-0.3, -0.25) is 4.79 Å². The number of hydrogen-bond donors (Lipinski definition) is 1. The zero-order chi connectivity index (χ0) is 23.0. The molecule has 3 nitrogen and oxygen atoms in total. The number of benzene rings is 3. The first-order valence-corrected chi connectivity index (χ1v) is 12.3. The Morgan fingerprint density at radius 1 is 0.879 bits per heavy atom. The summed E-state index contributed by atoms with van der Waals surface area (Å²) in [6, 6.07) is 30.3. The molecular formula is C30H36N2O. The van der Waals surface area contributed by atoms with Gasteiger partial charge in [0.05, 0.1) is 0 Å². The molecule has 0 bridgehead atoms. The van der Waals surface area contributed by atoms with Crippen molar-refractivity contribution < 1.29 is 4.79 Å². The number of nitrogens with one attached hydrogen (secondary N) is 1. The zero-order valence-corrected chi connectivity index (χ0v) is 19.9. The van der Waals surface area contributed by atoms with E-state index in [4.69, 9.17) is 0 Å². The van der Waals surface area contributed by atoms with Gasteiger partial charge in [0.2, 0.25) is 5.91 Å². The molecule has 3 aromatic carbocycles. The zero-order valence-electron chi connectivity index (χ0n) is 19.9. The lowest BCUT2D eigenvalue weighted by Crippen LogP contribution is -2.34. The number of rotatable bonds is 8. The number of hydrogen-bond acceptors (Lipinski definition) is 2. The topological polar surface area (TPSA) is 32.3 Å². The van der Waals surface area contributed by atoms with Crippen molar-refractivity contribution in [2.24, 2.45) is 5.92 Å². The third kappa shape index (κ3) is 6.33. The molecule has 3 aromatic rings. The Morgan fingerprint density at radius 3 is 2.06 bits per heavy atom. The lowest BCUT2D eigenvalue weighted by Gasteiger charge is -2.33. The second-order valence-corrected chi connectivity index (χ2v) is 9.55. The first-order valence-electron chi connectivity index (χ1n) is 12.3. The molecule has 0 atom stereocenters. The van der Waals surface area contributed by atoms with Gasteiger partial charge >= 0.3 is 0 Å². The van der Waals surface area contributed by atoms with Gasteiger partial charge in [0.15, 0.2) is 0 Å². The summed E-state index contributed by atoms with van der Waals surface area (Å²) < 4.78 is 0. The molecule has 0 radical (unpaired) electrons. The van der Waals surface area contributed by atoms with Crippen LogP contribution in [0.1, 0.15) is 61.6 Å². The summed E-state index contributed by atoms with van der Waals surface area (Å²) in [6.07, 6.45) is 3.47. The van der Waals surface area contributed by atoms with E-state index in [1.165, 1.54) is 29.5 Å². The van der Waals surface area contributed by atoms with Crippen molar-refractivity contribution in [2.45, 2.75) is 44.9 Å². The molecule has 33 heavy (non-hydrogen) atoms. The Labute approximate surface area is 198 Å². The number of likely N-dealkylation sites (tertiary alicyclic amines) is 1. The number of carbonyl (C=O) groups excluding carboxylic acids is 1. The van der Waals surface area contributed by atoms with Crippen LogP contribution >= 0.6 is 0 Å². The largest absolute Gasteiger partial charge is 0.326 e. The highest BCUT2D eigenvalue weighted by Gasteiger charge is 2.22. The van der Waals surface area contributed by atoms with Crippen molar-refractivity contribution in [1.29, 1.82) is 0 Å². The van der Waals surface area contributed by atoms with E-state index in [0.717, 1.165) is 31.7 Å². The maximum Gasteiger partial charge on any atom is 0.226 e. The van der Waals surface area contributed by atoms with Crippen LogP contribution in [0.4, 0.5) is 5.69 Å². The van der Waals surface area contributed by atoms with E-state index < -0.39 is 0 Å². The smallest absolute Gasteiger partial charge is 0.226 e. The van der Waals surface area contributed by atoms with Crippen LogP contribution in [0, 0.1) is 5.92 Å². The number of amides is 1. The van der Waals surface area contributed by atoms with E-state index in [1.807, 2.05) is 19.9 Å². The fraction of sp³-hybridized carbons (Fsp3) is 0.367. The Kier molecular flexibility index (Phi) is 7.96. The monoisotopic (exact) mass is 440 g/mol. The van der Waals surface area contributed by atoms with Crippen LogP contribution in [0.3, 0.4) is 0 Å². The molecule has 1 amide bonds. The van der Waals surface area contributed by atoms with Crippen molar-refractivity contribution in [2.75, 3.05) is 25.0 Å². The summed E-state index contributed by atoms with van der Waals surface area (Å²) in [5, 5.41) is 3.04. The van der Waals surface area contributed by atoms with Gasteiger partial charge in [0, 0.05) is 17.5 Å². The van der Waals surface area contributed by atoms with Gasteiger partial charge in [-0.25, -0.2) is 0 Å². The van der Waals surface area contributed by atoms with Gasteiger partial charge in [-0.2, -0.15) is 0 Å². The number of piperidine rings is 1. The molecule has 3 heteroatoms. The predicted octanol–water partition coefficient (Wildman–Crippen LogP) is 6.68. The summed E-state index contributed by atoms with van der Waals surface area (Å²) in [5.74, 6) is 1.07. The third-order valence-electron chi connectivity index (χ3n) is 6.88. The minimum Gasteiger partial charge on any atom is -0.326 e. The van der Waals surface area contributed by atoms with Crippen molar-refractivity contribution in [1.82, 2.24) is 4.90 Å². The lowest BCUT2D eigenvalue weighted by atomic mass is 9.87. The normalized spacial score (nSPS) is 15.2. The second kappa shape index (κ2) is 11.3. The van der Waals surface area contributed by atoms with E-state index in [1.54, 1.807) is 0 Å². The van der Waals surface area contributed by atoms with Gasteiger partial charge < -0.3 is 10.2 Å². The molecule has 1 fully saturated rings. The molecule has 0 unspecified atom stereocenters. The standard InChI is InChI=1S/C30H36N2O/c1-23(2)30(33)31-28-15-9-14-27(22-28)24-16-19-32(20-17-24)21-18-29(25-10-5-3-6-11-25)26-12-7-4-8-13-26/h3-15,22-24,29H,16-21H2,1-2H3,(H,31,33). The maximum atomic E-state index is 12.1. The van der Waals surface area contributed by atoms with Gasteiger partial charge in [-0.1, -0.05) is 86.6 Å². The van der Waals surface area contributed by atoms with E-state index in [2.05, 4.69) is 89.1 Å². The maximum absolute atomic E-state index is 12.1. The molecule has 1 aliphatic rings. The fourth-order valence-corrected chi connectivity index (χ4v) is 4.86. The van der Waals surface area contributed by atoms with Crippen molar-refractivity contribution in [3.05, 3.63) is 102 Å². The minimum absolute atomic E-state index is 0.00695. The van der Waals surface area contributed by atoms with Gasteiger partial charge in [0.1, 0.15) is 0 Å². The summed E-state index contributed by atoms with van der Waals surface area (Å²) in [6.45, 7) is 7.23. The molecule has 1 saturated heterocycles. The first kappa shape index (κ1) is 23.3. The van der Waals surface area contributed by atoms with Crippen LogP contribution in [0.15, 0.2) is 84.9 Å². The Morgan fingerprint density at radius 2 is 1.48 bits per heavy atom. The molecule has 1 N–H and O–H groups in total. The SMILES string of the molecule is CC(C)C(=O)Nc1cccc(C2CCN(CCC(c3ccccc3)c3ccccc3)CC2)c1. The van der Waals surface area contributed by atoms with Crippen LogP contribution in [-0.4, -0.2) is 30.4 Å². The van der Waals surface area contributed by atoms with Crippen LogP contribution < -0.4 is 5.32 Å². The number of nitrogens with zero attached hydrogens (tertiary/aromatic N) is 1. The van der Waals surface area contributed by atoms with Crippen LogP contribution in [-0.2, 0) is 4.79 Å². The highest BCUT2D eigenvalue weighted by Crippen LogP contribution is 2.32. The molecule has 0 saturated carbocycles. The third-order valence-corrected chi connectivity index (χ3v) is 6.88. The quantitative estimate of drug-likeness (QED) is 0.423. The molecule has 1 aliphatic heterocycles. The minimum atomic E-state index is -0.00695. The molecule has 0 spiro atoms. The van der Waals surface area contributed by atoms with E-state index in [9.17, 15) is 4.79 Å². The number of anilines is 1. The first-order chi connectivity index (χ1) is 16.1. The molecule has 1 heterocycles. The van der Waals surface area contributed by atoms with E-state index >= 15 is 0 Å². The Hall–Kier alpha value is -2.91. The van der Waals surface area contributed by atoms with Crippen LogP contribution in [0.5, 0.6) is 0 Å².